The molecule has 140 valence electrons. The lowest BCUT2D eigenvalue weighted by Crippen LogP contribution is -2.29. The van der Waals surface area contributed by atoms with Crippen molar-refractivity contribution >= 4 is 21.4 Å². The van der Waals surface area contributed by atoms with Crippen LogP contribution in [0, 0.1) is 0 Å². The molecule has 6 nitrogen and oxygen atoms in total. The van der Waals surface area contributed by atoms with Crippen LogP contribution in [-0.4, -0.2) is 29.9 Å². The molecular formula is C19H25N3O3S. The summed E-state index contributed by atoms with van der Waals surface area (Å²) in [5, 5.41) is 7.49. The number of rotatable bonds is 5. The number of hydrogen-bond donors (Lipinski definition) is 1. The Morgan fingerprint density at radius 1 is 1.23 bits per heavy atom. The molecule has 7 heteroatoms. The van der Waals surface area contributed by atoms with E-state index in [-0.39, 0.29) is 22.1 Å². The van der Waals surface area contributed by atoms with Gasteiger partial charge >= 0.3 is 0 Å². The molecule has 1 aromatic carbocycles. The van der Waals surface area contributed by atoms with Crippen molar-refractivity contribution in [2.45, 2.75) is 56.9 Å². The van der Waals surface area contributed by atoms with E-state index in [1.807, 2.05) is 26.8 Å². The average Bonchev–Trinajstić information content (AvgIpc) is 3.32. The summed E-state index contributed by atoms with van der Waals surface area (Å²) >= 11 is 0. The fraction of sp³-hybridized carbons (Fsp3) is 0.474. The Bertz CT molecular complexity index is 918. The Morgan fingerprint density at radius 2 is 1.85 bits per heavy atom. The summed E-state index contributed by atoms with van der Waals surface area (Å²) in [4.78, 5) is 13.0. The van der Waals surface area contributed by atoms with Crippen LogP contribution in [0.5, 0.6) is 0 Å². The maximum atomic E-state index is 12.8. The Labute approximate surface area is 154 Å². The van der Waals surface area contributed by atoms with E-state index in [1.165, 1.54) is 12.1 Å². The highest BCUT2D eigenvalue weighted by Gasteiger charge is 2.31. The van der Waals surface area contributed by atoms with E-state index in [1.54, 1.807) is 23.7 Å². The zero-order chi connectivity index (χ0) is 19.1. The quantitative estimate of drug-likeness (QED) is 0.866. The van der Waals surface area contributed by atoms with Crippen molar-refractivity contribution in [1.82, 2.24) is 9.78 Å². The molecule has 1 heterocycles. The van der Waals surface area contributed by atoms with Gasteiger partial charge in [-0.05, 0) is 63.9 Å². The van der Waals surface area contributed by atoms with E-state index >= 15 is 0 Å². The van der Waals surface area contributed by atoms with Crippen LogP contribution < -0.4 is 5.32 Å². The smallest absolute Gasteiger partial charge is 0.273 e. The lowest BCUT2D eigenvalue weighted by molar-refractivity contribution is 0.100. The first-order valence-electron chi connectivity index (χ1n) is 8.86. The molecule has 2 aromatic rings. The van der Waals surface area contributed by atoms with Gasteiger partial charge in [0.25, 0.3) is 5.91 Å². The fourth-order valence-electron chi connectivity index (χ4n) is 2.76. The van der Waals surface area contributed by atoms with Crippen molar-refractivity contribution in [2.75, 3.05) is 11.1 Å². The molecule has 0 bridgehead atoms. The third-order valence-electron chi connectivity index (χ3n) is 4.44. The number of benzene rings is 1. The molecule has 1 N–H and O–H groups in total. The van der Waals surface area contributed by atoms with Crippen LogP contribution in [0.25, 0.3) is 0 Å². The summed E-state index contributed by atoms with van der Waals surface area (Å²) in [5.74, 6) is 0.266. The first kappa shape index (κ1) is 18.6. The van der Waals surface area contributed by atoms with Gasteiger partial charge in [0.1, 0.15) is 5.69 Å². The molecule has 1 aliphatic carbocycles. The second kappa shape index (κ2) is 6.54. The van der Waals surface area contributed by atoms with E-state index in [4.69, 9.17) is 0 Å². The maximum absolute atomic E-state index is 12.8. The predicted molar refractivity (Wildman–Crippen MR) is 101 cm³/mol. The van der Waals surface area contributed by atoms with E-state index in [9.17, 15) is 13.2 Å². The normalized spacial score (nSPS) is 15.1. The van der Waals surface area contributed by atoms with Gasteiger partial charge in [0, 0.05) is 11.6 Å². The number of hydrogen-bond acceptors (Lipinski definition) is 4. The molecule has 1 aliphatic rings. The standard InChI is InChI=1S/C19H25N3O3S/c1-5-26(24,25)15-10-8-14(9-11-15)20-18(23)17-12-16(13-6-7-13)21-22(17)19(2,3)4/h8-13H,5-7H2,1-4H3,(H,20,23). The average molecular weight is 375 g/mol. The number of carbonyl (C=O) groups excluding carboxylic acids is 1. The van der Waals surface area contributed by atoms with Crippen LogP contribution >= 0.6 is 0 Å². The minimum atomic E-state index is -3.25. The fourth-order valence-corrected chi connectivity index (χ4v) is 3.64. The number of anilines is 1. The minimum Gasteiger partial charge on any atom is -0.321 e. The maximum Gasteiger partial charge on any atom is 0.273 e. The van der Waals surface area contributed by atoms with Gasteiger partial charge in [-0.15, -0.1) is 0 Å². The Kier molecular flexibility index (Phi) is 4.69. The zero-order valence-corrected chi connectivity index (χ0v) is 16.4. The second-order valence-corrected chi connectivity index (χ2v) is 9.97. The van der Waals surface area contributed by atoms with Crippen molar-refractivity contribution in [3.8, 4) is 0 Å². The van der Waals surface area contributed by atoms with Crippen LogP contribution in [0.3, 0.4) is 0 Å². The van der Waals surface area contributed by atoms with Gasteiger partial charge in [0.2, 0.25) is 0 Å². The third-order valence-corrected chi connectivity index (χ3v) is 6.19. The molecule has 3 rings (SSSR count). The molecule has 1 saturated carbocycles. The molecule has 1 aromatic heterocycles. The molecule has 0 radical (unpaired) electrons. The van der Waals surface area contributed by atoms with Crippen LogP contribution in [0.15, 0.2) is 35.2 Å². The van der Waals surface area contributed by atoms with E-state index in [0.717, 1.165) is 18.5 Å². The van der Waals surface area contributed by atoms with Gasteiger partial charge in [-0.3, -0.25) is 9.48 Å². The highest BCUT2D eigenvalue weighted by atomic mass is 32.2. The van der Waals surface area contributed by atoms with E-state index in [2.05, 4.69) is 10.4 Å². The summed E-state index contributed by atoms with van der Waals surface area (Å²) in [6.45, 7) is 7.64. The van der Waals surface area contributed by atoms with Gasteiger partial charge in [-0.25, -0.2) is 8.42 Å². The van der Waals surface area contributed by atoms with Crippen LogP contribution in [0.4, 0.5) is 5.69 Å². The van der Waals surface area contributed by atoms with Crippen molar-refractivity contribution in [3.05, 3.63) is 41.7 Å². The summed E-state index contributed by atoms with van der Waals surface area (Å²) in [6.07, 6.45) is 2.24. The third kappa shape index (κ3) is 3.82. The summed E-state index contributed by atoms with van der Waals surface area (Å²) in [7, 11) is -3.25. The monoisotopic (exact) mass is 375 g/mol. The molecule has 26 heavy (non-hydrogen) atoms. The molecule has 0 saturated heterocycles. The van der Waals surface area contributed by atoms with Gasteiger partial charge in [-0.1, -0.05) is 6.92 Å². The molecule has 1 amide bonds. The molecular weight excluding hydrogens is 350 g/mol. The number of nitrogens with one attached hydrogen (secondary N) is 1. The first-order valence-corrected chi connectivity index (χ1v) is 10.5. The number of aromatic nitrogens is 2. The van der Waals surface area contributed by atoms with Gasteiger partial charge in [-0.2, -0.15) is 5.10 Å². The molecule has 0 spiro atoms. The van der Waals surface area contributed by atoms with Crippen LogP contribution in [-0.2, 0) is 15.4 Å². The first-order chi connectivity index (χ1) is 12.1. The van der Waals surface area contributed by atoms with Gasteiger partial charge < -0.3 is 5.32 Å². The number of nitrogens with zero attached hydrogens (tertiary/aromatic N) is 2. The van der Waals surface area contributed by atoms with E-state index < -0.39 is 9.84 Å². The second-order valence-electron chi connectivity index (χ2n) is 7.69. The van der Waals surface area contributed by atoms with Gasteiger partial charge in [0.15, 0.2) is 9.84 Å². The molecule has 0 unspecified atom stereocenters. The van der Waals surface area contributed by atoms with Crippen LogP contribution in [0.2, 0.25) is 0 Å². The Balaban J connectivity index is 1.84. The highest BCUT2D eigenvalue weighted by molar-refractivity contribution is 7.91. The lowest BCUT2D eigenvalue weighted by atomic mass is 10.1. The van der Waals surface area contributed by atoms with Crippen molar-refractivity contribution in [3.63, 3.8) is 0 Å². The Hall–Kier alpha value is -2.15. The zero-order valence-electron chi connectivity index (χ0n) is 15.6. The molecule has 1 fully saturated rings. The van der Waals surface area contributed by atoms with Crippen LogP contribution in [0.1, 0.15) is 62.6 Å². The minimum absolute atomic E-state index is 0.0490. The highest BCUT2D eigenvalue weighted by Crippen LogP contribution is 2.40. The number of amides is 1. The largest absolute Gasteiger partial charge is 0.321 e. The summed E-state index contributed by atoms with van der Waals surface area (Å²) in [6, 6.07) is 8.13. The topological polar surface area (TPSA) is 81.1 Å². The molecule has 0 atom stereocenters. The predicted octanol–water partition coefficient (Wildman–Crippen LogP) is 3.56. The Morgan fingerprint density at radius 3 is 2.35 bits per heavy atom. The summed E-state index contributed by atoms with van der Waals surface area (Å²) < 4.78 is 25.5. The summed E-state index contributed by atoms with van der Waals surface area (Å²) in [5.41, 5.74) is 1.73. The lowest BCUT2D eigenvalue weighted by Gasteiger charge is -2.22. The SMILES string of the molecule is CCS(=O)(=O)c1ccc(NC(=O)c2cc(C3CC3)nn2C(C)(C)C)cc1. The number of sulfone groups is 1. The van der Waals surface area contributed by atoms with Gasteiger partial charge in [0.05, 0.1) is 21.9 Å². The number of carbonyl (C=O) groups is 1. The van der Waals surface area contributed by atoms with Crippen molar-refractivity contribution in [2.24, 2.45) is 0 Å². The van der Waals surface area contributed by atoms with E-state index in [0.29, 0.717) is 17.3 Å². The molecule has 0 aliphatic heterocycles. The van der Waals surface area contributed by atoms with Crippen molar-refractivity contribution < 1.29 is 13.2 Å². The van der Waals surface area contributed by atoms with Crippen molar-refractivity contribution in [1.29, 1.82) is 0 Å².